The van der Waals surface area contributed by atoms with Crippen LogP contribution in [-0.2, 0) is 10.0 Å². The van der Waals surface area contributed by atoms with Gasteiger partial charge in [-0.05, 0) is 24.5 Å². The summed E-state index contributed by atoms with van der Waals surface area (Å²) in [5.41, 5.74) is -0.271. The fourth-order valence-electron chi connectivity index (χ4n) is 1.52. The molecule has 1 atom stereocenters. The first-order valence-electron chi connectivity index (χ1n) is 6.47. The van der Waals surface area contributed by atoms with Crippen LogP contribution in [0.25, 0.3) is 0 Å². The van der Waals surface area contributed by atoms with Gasteiger partial charge in [0.25, 0.3) is 5.69 Å². The van der Waals surface area contributed by atoms with Crippen molar-refractivity contribution in [1.82, 2.24) is 4.72 Å². The SMILES string of the molecule is CNc1ccc(S(=O)(=O)NC(C)C(C)(C)C)c([N+](=O)[O-])c1. The highest BCUT2D eigenvalue weighted by Crippen LogP contribution is 2.28. The molecule has 0 aromatic heterocycles. The number of hydrogen-bond donors (Lipinski definition) is 2. The van der Waals surface area contributed by atoms with Crippen LogP contribution in [-0.4, -0.2) is 26.4 Å². The third-order valence-corrected chi connectivity index (χ3v) is 4.95. The first kappa shape index (κ1) is 17.4. The Kier molecular flexibility index (Phi) is 4.95. The third-order valence-electron chi connectivity index (χ3n) is 3.36. The van der Waals surface area contributed by atoms with Gasteiger partial charge < -0.3 is 5.32 Å². The molecule has 7 nitrogen and oxygen atoms in total. The van der Waals surface area contributed by atoms with Crippen molar-refractivity contribution in [2.75, 3.05) is 12.4 Å². The molecule has 0 heterocycles. The molecular formula is C13H21N3O4S. The summed E-state index contributed by atoms with van der Waals surface area (Å²) >= 11 is 0. The molecule has 0 radical (unpaired) electrons. The smallest absolute Gasteiger partial charge is 0.291 e. The summed E-state index contributed by atoms with van der Waals surface area (Å²) in [5.74, 6) is 0. The van der Waals surface area contributed by atoms with Crippen LogP contribution < -0.4 is 10.0 Å². The number of hydrogen-bond acceptors (Lipinski definition) is 5. The van der Waals surface area contributed by atoms with Gasteiger partial charge in [-0.25, -0.2) is 13.1 Å². The summed E-state index contributed by atoms with van der Waals surface area (Å²) in [6.07, 6.45) is 0. The molecule has 0 aliphatic carbocycles. The molecule has 0 amide bonds. The lowest BCUT2D eigenvalue weighted by molar-refractivity contribution is -0.387. The van der Waals surface area contributed by atoms with E-state index >= 15 is 0 Å². The molecule has 1 unspecified atom stereocenters. The van der Waals surface area contributed by atoms with Crippen LogP contribution in [0.3, 0.4) is 0 Å². The van der Waals surface area contributed by atoms with E-state index in [1.165, 1.54) is 18.2 Å². The molecule has 21 heavy (non-hydrogen) atoms. The second-order valence-corrected chi connectivity index (χ2v) is 7.58. The van der Waals surface area contributed by atoms with E-state index in [2.05, 4.69) is 10.0 Å². The van der Waals surface area contributed by atoms with Crippen molar-refractivity contribution in [1.29, 1.82) is 0 Å². The van der Waals surface area contributed by atoms with E-state index in [0.717, 1.165) is 0 Å². The molecule has 0 fully saturated rings. The van der Waals surface area contributed by atoms with Crippen LogP contribution in [0.5, 0.6) is 0 Å². The number of nitro benzene ring substituents is 1. The number of benzene rings is 1. The molecule has 8 heteroatoms. The highest BCUT2D eigenvalue weighted by atomic mass is 32.2. The Labute approximate surface area is 124 Å². The van der Waals surface area contributed by atoms with E-state index in [0.29, 0.717) is 5.69 Å². The lowest BCUT2D eigenvalue weighted by atomic mass is 9.89. The van der Waals surface area contributed by atoms with Gasteiger partial charge in [0.2, 0.25) is 10.0 Å². The Bertz CT molecular complexity index is 635. The minimum Gasteiger partial charge on any atom is -0.388 e. The second-order valence-electron chi connectivity index (χ2n) is 5.90. The standard InChI is InChI=1S/C13H21N3O4S/c1-9(13(2,3)4)15-21(19,20)12-7-6-10(14-5)8-11(12)16(17)18/h6-9,14-15H,1-5H3. The summed E-state index contributed by atoms with van der Waals surface area (Å²) in [5, 5.41) is 13.9. The van der Waals surface area contributed by atoms with Gasteiger partial charge in [0, 0.05) is 24.8 Å². The normalized spacial score (nSPS) is 13.8. The molecule has 0 aliphatic heterocycles. The fraction of sp³-hybridized carbons (Fsp3) is 0.538. The Morgan fingerprint density at radius 2 is 1.86 bits per heavy atom. The zero-order valence-corrected chi connectivity index (χ0v) is 13.6. The summed E-state index contributed by atoms with van der Waals surface area (Å²) in [7, 11) is -2.36. The number of anilines is 1. The van der Waals surface area contributed by atoms with Gasteiger partial charge >= 0.3 is 0 Å². The van der Waals surface area contributed by atoms with Crippen LogP contribution >= 0.6 is 0 Å². The van der Waals surface area contributed by atoms with Crippen LogP contribution in [0.2, 0.25) is 0 Å². The van der Waals surface area contributed by atoms with Gasteiger partial charge in [0.1, 0.15) is 0 Å². The maximum Gasteiger partial charge on any atom is 0.291 e. The Hall–Kier alpha value is -1.67. The molecule has 1 rings (SSSR count). The summed E-state index contributed by atoms with van der Waals surface area (Å²) in [4.78, 5) is 10.1. The molecule has 0 saturated carbocycles. The number of nitro groups is 1. The number of sulfonamides is 1. The Balaban J connectivity index is 3.29. The van der Waals surface area contributed by atoms with Gasteiger partial charge in [0.15, 0.2) is 4.90 Å². The predicted octanol–water partition coefficient (Wildman–Crippen LogP) is 2.35. The van der Waals surface area contributed by atoms with Crippen molar-refractivity contribution in [2.45, 2.75) is 38.6 Å². The van der Waals surface area contributed by atoms with E-state index in [9.17, 15) is 18.5 Å². The number of nitrogens with one attached hydrogen (secondary N) is 2. The first-order chi connectivity index (χ1) is 9.49. The minimum absolute atomic E-state index is 0.299. The van der Waals surface area contributed by atoms with E-state index < -0.39 is 20.6 Å². The molecule has 1 aromatic rings. The number of nitrogens with zero attached hydrogens (tertiary/aromatic N) is 1. The molecule has 0 aliphatic rings. The van der Waals surface area contributed by atoms with Crippen LogP contribution in [0.1, 0.15) is 27.7 Å². The Morgan fingerprint density at radius 3 is 2.29 bits per heavy atom. The molecule has 0 saturated heterocycles. The maximum atomic E-state index is 12.4. The second kappa shape index (κ2) is 5.98. The third kappa shape index (κ3) is 4.15. The minimum atomic E-state index is -3.96. The fourth-order valence-corrected chi connectivity index (χ4v) is 3.12. The topological polar surface area (TPSA) is 101 Å². The van der Waals surface area contributed by atoms with Crippen molar-refractivity contribution in [3.05, 3.63) is 28.3 Å². The van der Waals surface area contributed by atoms with Crippen LogP contribution in [0.15, 0.2) is 23.1 Å². The van der Waals surface area contributed by atoms with E-state index in [4.69, 9.17) is 0 Å². The van der Waals surface area contributed by atoms with Crippen LogP contribution in [0.4, 0.5) is 11.4 Å². The van der Waals surface area contributed by atoms with Gasteiger partial charge in [-0.15, -0.1) is 0 Å². The lowest BCUT2D eigenvalue weighted by Gasteiger charge is -2.27. The monoisotopic (exact) mass is 315 g/mol. The number of rotatable bonds is 5. The van der Waals surface area contributed by atoms with Gasteiger partial charge in [-0.2, -0.15) is 0 Å². The average Bonchev–Trinajstić information content (AvgIpc) is 2.36. The molecule has 0 bridgehead atoms. The average molecular weight is 315 g/mol. The van der Waals surface area contributed by atoms with Crippen LogP contribution in [0, 0.1) is 15.5 Å². The van der Waals surface area contributed by atoms with Crippen molar-refractivity contribution in [3.63, 3.8) is 0 Å². The highest BCUT2D eigenvalue weighted by Gasteiger charge is 2.30. The summed E-state index contributed by atoms with van der Waals surface area (Å²) in [6, 6.07) is 3.56. The van der Waals surface area contributed by atoms with E-state index in [1.807, 2.05) is 20.8 Å². The maximum absolute atomic E-state index is 12.4. The highest BCUT2D eigenvalue weighted by molar-refractivity contribution is 7.89. The van der Waals surface area contributed by atoms with Crippen molar-refractivity contribution in [3.8, 4) is 0 Å². The zero-order chi connectivity index (χ0) is 16.4. The summed E-state index contributed by atoms with van der Waals surface area (Å²) in [6.45, 7) is 7.39. The Morgan fingerprint density at radius 1 is 1.29 bits per heavy atom. The molecule has 0 spiro atoms. The summed E-state index contributed by atoms with van der Waals surface area (Å²) < 4.78 is 27.2. The molecular weight excluding hydrogens is 294 g/mol. The largest absolute Gasteiger partial charge is 0.388 e. The molecule has 1 aromatic carbocycles. The molecule has 118 valence electrons. The predicted molar refractivity (Wildman–Crippen MR) is 81.9 cm³/mol. The quantitative estimate of drug-likeness (QED) is 0.641. The van der Waals surface area contributed by atoms with Gasteiger partial charge in [-0.3, -0.25) is 10.1 Å². The van der Waals surface area contributed by atoms with Crippen molar-refractivity contribution < 1.29 is 13.3 Å². The van der Waals surface area contributed by atoms with Gasteiger partial charge in [0.05, 0.1) is 4.92 Å². The lowest BCUT2D eigenvalue weighted by Crippen LogP contribution is -2.41. The van der Waals surface area contributed by atoms with E-state index in [-0.39, 0.29) is 16.4 Å². The zero-order valence-electron chi connectivity index (χ0n) is 12.8. The van der Waals surface area contributed by atoms with Crippen molar-refractivity contribution in [2.24, 2.45) is 5.41 Å². The molecule has 2 N–H and O–H groups in total. The van der Waals surface area contributed by atoms with Crippen molar-refractivity contribution >= 4 is 21.4 Å². The van der Waals surface area contributed by atoms with E-state index in [1.54, 1.807) is 14.0 Å². The van der Waals surface area contributed by atoms with Gasteiger partial charge in [-0.1, -0.05) is 20.8 Å². The first-order valence-corrected chi connectivity index (χ1v) is 7.96.